The van der Waals surface area contributed by atoms with Gasteiger partial charge in [-0.05, 0) is 13.0 Å². The molecule has 0 saturated heterocycles. The van der Waals surface area contributed by atoms with Gasteiger partial charge in [0.2, 0.25) is 0 Å². The van der Waals surface area contributed by atoms with Gasteiger partial charge >= 0.3 is 0 Å². The van der Waals surface area contributed by atoms with Crippen LogP contribution < -0.4 is 0 Å². The standard InChI is InChI=1S/C18H39NO2.Na/c1-2-3-4-5-6-7-8-9-10-11-12-13-14-19(15-17-20)16-18-21;/h20-21H,2-18H2,1H3;. The van der Waals surface area contributed by atoms with E-state index in [1.807, 2.05) is 0 Å². The Kier molecular flexibility index (Phi) is 25.0. The average Bonchev–Trinajstić information content (AvgIpc) is 2.48. The minimum absolute atomic E-state index is 0. The van der Waals surface area contributed by atoms with Crippen LogP contribution in [0.2, 0.25) is 0 Å². The minimum atomic E-state index is 0. The van der Waals surface area contributed by atoms with Gasteiger partial charge in [-0.2, -0.15) is 0 Å². The number of hydrogen-bond donors (Lipinski definition) is 2. The Bertz CT molecular complexity index is 188. The smallest absolute Gasteiger partial charge is 0.0558 e. The minimum Gasteiger partial charge on any atom is -0.395 e. The summed E-state index contributed by atoms with van der Waals surface area (Å²) in [7, 11) is 0. The molecule has 1 radical (unpaired) electrons. The van der Waals surface area contributed by atoms with E-state index in [-0.39, 0.29) is 42.8 Å². The van der Waals surface area contributed by atoms with Gasteiger partial charge in [-0.1, -0.05) is 77.6 Å². The summed E-state index contributed by atoms with van der Waals surface area (Å²) in [5, 5.41) is 17.9. The molecule has 0 atom stereocenters. The zero-order valence-corrected chi connectivity index (χ0v) is 17.4. The molecule has 0 amide bonds. The van der Waals surface area contributed by atoms with Crippen molar-refractivity contribution in [1.82, 2.24) is 4.90 Å². The largest absolute Gasteiger partial charge is 0.395 e. The van der Waals surface area contributed by atoms with Gasteiger partial charge in [0.15, 0.2) is 0 Å². The predicted molar refractivity (Wildman–Crippen MR) is 97.4 cm³/mol. The van der Waals surface area contributed by atoms with E-state index in [2.05, 4.69) is 11.8 Å². The maximum Gasteiger partial charge on any atom is 0.0558 e. The van der Waals surface area contributed by atoms with Gasteiger partial charge < -0.3 is 10.2 Å². The van der Waals surface area contributed by atoms with Crippen LogP contribution in [0.1, 0.15) is 84.0 Å². The van der Waals surface area contributed by atoms with Crippen LogP contribution in [0, 0.1) is 0 Å². The van der Waals surface area contributed by atoms with Crippen molar-refractivity contribution < 1.29 is 10.2 Å². The molecular weight excluding hydrogens is 285 g/mol. The second-order valence-electron chi connectivity index (χ2n) is 6.18. The van der Waals surface area contributed by atoms with Crippen LogP contribution >= 0.6 is 0 Å². The number of hydrogen-bond acceptors (Lipinski definition) is 3. The van der Waals surface area contributed by atoms with Crippen LogP contribution in [0.3, 0.4) is 0 Å². The van der Waals surface area contributed by atoms with Crippen LogP contribution in [0.25, 0.3) is 0 Å². The molecule has 0 aliphatic rings. The molecule has 0 aromatic heterocycles. The van der Waals surface area contributed by atoms with Crippen molar-refractivity contribution in [1.29, 1.82) is 0 Å². The van der Waals surface area contributed by atoms with E-state index in [9.17, 15) is 0 Å². The Hall–Kier alpha value is 0.880. The molecule has 129 valence electrons. The van der Waals surface area contributed by atoms with Crippen molar-refractivity contribution >= 4 is 29.6 Å². The number of nitrogens with zero attached hydrogens (tertiary/aromatic N) is 1. The van der Waals surface area contributed by atoms with Gasteiger partial charge in [-0.25, -0.2) is 0 Å². The van der Waals surface area contributed by atoms with Gasteiger partial charge in [0.05, 0.1) is 13.2 Å². The molecule has 0 bridgehead atoms. The Labute approximate surface area is 161 Å². The van der Waals surface area contributed by atoms with Crippen molar-refractivity contribution in [2.75, 3.05) is 32.8 Å². The molecule has 0 unspecified atom stereocenters. The molecule has 4 heteroatoms. The fourth-order valence-corrected chi connectivity index (χ4v) is 2.79. The topological polar surface area (TPSA) is 43.7 Å². The molecular formula is C18H39NNaO2. The summed E-state index contributed by atoms with van der Waals surface area (Å²) >= 11 is 0. The Morgan fingerprint density at radius 3 is 1.27 bits per heavy atom. The van der Waals surface area contributed by atoms with Crippen LogP contribution in [0.15, 0.2) is 0 Å². The third-order valence-corrected chi connectivity index (χ3v) is 4.16. The first-order valence-electron chi connectivity index (χ1n) is 9.29. The summed E-state index contributed by atoms with van der Waals surface area (Å²) < 4.78 is 0. The van der Waals surface area contributed by atoms with Crippen LogP contribution in [0.4, 0.5) is 0 Å². The molecule has 0 aliphatic heterocycles. The number of aliphatic hydroxyl groups excluding tert-OH is 2. The number of aliphatic hydroxyl groups is 2. The third kappa shape index (κ3) is 18.9. The van der Waals surface area contributed by atoms with Gasteiger partial charge in [-0.15, -0.1) is 0 Å². The molecule has 0 aromatic carbocycles. The SMILES string of the molecule is CCCCCCCCCCCCCCN(CCO)CCO.[Na]. The quantitative estimate of drug-likeness (QED) is 0.317. The van der Waals surface area contributed by atoms with Crippen LogP contribution in [0.5, 0.6) is 0 Å². The van der Waals surface area contributed by atoms with E-state index in [4.69, 9.17) is 10.2 Å². The number of unbranched alkanes of at least 4 members (excludes halogenated alkanes) is 11. The summed E-state index contributed by atoms with van der Waals surface area (Å²) in [5.74, 6) is 0. The molecule has 0 saturated carbocycles. The van der Waals surface area contributed by atoms with E-state index in [0.29, 0.717) is 13.1 Å². The predicted octanol–water partition coefficient (Wildman–Crippen LogP) is 3.59. The van der Waals surface area contributed by atoms with Crippen molar-refractivity contribution in [3.63, 3.8) is 0 Å². The first kappa shape index (κ1) is 25.1. The summed E-state index contributed by atoms with van der Waals surface area (Å²) in [5.41, 5.74) is 0. The zero-order valence-electron chi connectivity index (χ0n) is 15.4. The van der Waals surface area contributed by atoms with Crippen molar-refractivity contribution in [2.24, 2.45) is 0 Å². The van der Waals surface area contributed by atoms with Crippen molar-refractivity contribution in [3.8, 4) is 0 Å². The molecule has 0 spiro atoms. The fraction of sp³-hybridized carbons (Fsp3) is 1.00. The summed E-state index contributed by atoms with van der Waals surface area (Å²) in [6, 6.07) is 0. The third-order valence-electron chi connectivity index (χ3n) is 4.16. The van der Waals surface area contributed by atoms with Gasteiger partial charge in [-0.3, -0.25) is 4.90 Å². The molecule has 2 N–H and O–H groups in total. The Balaban J connectivity index is 0. The molecule has 0 fully saturated rings. The van der Waals surface area contributed by atoms with Crippen LogP contribution in [-0.2, 0) is 0 Å². The second kappa shape index (κ2) is 21.9. The van der Waals surface area contributed by atoms with Gasteiger partial charge in [0.25, 0.3) is 0 Å². The molecule has 3 nitrogen and oxygen atoms in total. The first-order chi connectivity index (χ1) is 10.3. The number of rotatable bonds is 17. The van der Waals surface area contributed by atoms with Crippen LogP contribution in [-0.4, -0.2) is 77.5 Å². The molecule has 0 aromatic rings. The monoisotopic (exact) mass is 324 g/mol. The van der Waals surface area contributed by atoms with Gasteiger partial charge in [0, 0.05) is 42.6 Å². The first-order valence-corrected chi connectivity index (χ1v) is 9.29. The Morgan fingerprint density at radius 2 is 0.909 bits per heavy atom. The second-order valence-corrected chi connectivity index (χ2v) is 6.18. The van der Waals surface area contributed by atoms with E-state index in [0.717, 1.165) is 6.54 Å². The molecule has 0 aliphatic carbocycles. The fourth-order valence-electron chi connectivity index (χ4n) is 2.79. The summed E-state index contributed by atoms with van der Waals surface area (Å²) in [4.78, 5) is 2.15. The summed E-state index contributed by atoms with van der Waals surface area (Å²) in [6.07, 6.45) is 16.4. The van der Waals surface area contributed by atoms with Crippen molar-refractivity contribution in [2.45, 2.75) is 84.0 Å². The van der Waals surface area contributed by atoms with E-state index < -0.39 is 0 Å². The van der Waals surface area contributed by atoms with E-state index in [1.54, 1.807) is 0 Å². The van der Waals surface area contributed by atoms with Gasteiger partial charge in [0.1, 0.15) is 0 Å². The van der Waals surface area contributed by atoms with E-state index in [1.165, 1.54) is 77.0 Å². The normalized spacial score (nSPS) is 10.9. The van der Waals surface area contributed by atoms with Crippen molar-refractivity contribution in [3.05, 3.63) is 0 Å². The zero-order chi connectivity index (χ0) is 15.6. The molecule has 22 heavy (non-hydrogen) atoms. The van der Waals surface area contributed by atoms with E-state index >= 15 is 0 Å². The Morgan fingerprint density at radius 1 is 0.545 bits per heavy atom. The maximum absolute atomic E-state index is 8.93. The summed E-state index contributed by atoms with van der Waals surface area (Å²) in [6.45, 7) is 5.05. The maximum atomic E-state index is 8.93. The molecule has 0 rings (SSSR count). The average molecular weight is 325 g/mol. The molecule has 0 heterocycles.